The van der Waals surface area contributed by atoms with Crippen molar-refractivity contribution in [3.63, 3.8) is 0 Å². The van der Waals surface area contributed by atoms with E-state index >= 15 is 0 Å². The van der Waals surface area contributed by atoms with Crippen molar-refractivity contribution >= 4 is 17.8 Å². The molecule has 0 radical (unpaired) electrons. The Labute approximate surface area is 98.2 Å². The summed E-state index contributed by atoms with van der Waals surface area (Å²) in [6, 6.07) is 0.561. The molecule has 2 saturated heterocycles. The molecular weight excluding hydrogens is 226 g/mol. The molecule has 0 aromatic heterocycles. The van der Waals surface area contributed by atoms with Gasteiger partial charge in [0.1, 0.15) is 0 Å². The van der Waals surface area contributed by atoms with Crippen LogP contribution in [0.5, 0.6) is 0 Å². The average Bonchev–Trinajstić information content (AvgIpc) is 2.78. The molecule has 16 heavy (non-hydrogen) atoms. The van der Waals surface area contributed by atoms with E-state index in [0.29, 0.717) is 17.8 Å². The largest absolute Gasteiger partial charge is 0.332 e. The van der Waals surface area contributed by atoms with Gasteiger partial charge in [-0.1, -0.05) is 11.5 Å². The molecule has 0 aliphatic carbocycles. The van der Waals surface area contributed by atoms with Crippen LogP contribution < -0.4 is 10.6 Å². The van der Waals surface area contributed by atoms with Crippen LogP contribution in [0.1, 0.15) is 19.3 Å². The van der Waals surface area contributed by atoms with Crippen molar-refractivity contribution < 1.29 is 4.79 Å². The summed E-state index contributed by atoms with van der Waals surface area (Å²) in [5.74, 6) is 1.00. The Kier molecular flexibility index (Phi) is 3.79. The third kappa shape index (κ3) is 2.54. The van der Waals surface area contributed by atoms with Gasteiger partial charge in [-0.05, 0) is 18.4 Å². The molecule has 2 heterocycles. The predicted molar refractivity (Wildman–Crippen MR) is 63.4 cm³/mol. The van der Waals surface area contributed by atoms with Gasteiger partial charge in [0.2, 0.25) is 0 Å². The van der Waals surface area contributed by atoms with Crippen molar-refractivity contribution in [1.29, 1.82) is 0 Å². The van der Waals surface area contributed by atoms with Gasteiger partial charge >= 0.3 is 6.03 Å². The zero-order valence-corrected chi connectivity index (χ0v) is 9.74. The molecule has 0 aromatic rings. The fraction of sp³-hybridized carbons (Fsp3) is 0.889. The number of hydrogen-bond acceptors (Lipinski definition) is 3. The van der Waals surface area contributed by atoms with Gasteiger partial charge in [0, 0.05) is 22.5 Å². The highest BCUT2D eigenvalue weighted by Gasteiger charge is 2.42. The van der Waals surface area contributed by atoms with Crippen LogP contribution in [0.25, 0.3) is 10.4 Å². The van der Waals surface area contributed by atoms with E-state index in [4.69, 9.17) is 5.53 Å². The normalized spacial score (nSPS) is 31.5. The van der Waals surface area contributed by atoms with E-state index in [1.54, 1.807) is 0 Å². The standard InChI is InChI=1S/C9H15N5OS/c10-14-11-4-2-1-3-7-8-6(5-16-7)12-9(15)13-8/h6-8H,1-5H2,(H2,12,13,15)/t6-,7-,8-/m0/s1. The quantitative estimate of drug-likeness (QED) is 0.252. The third-order valence-electron chi connectivity index (χ3n) is 3.00. The second kappa shape index (κ2) is 5.32. The highest BCUT2D eigenvalue weighted by atomic mass is 32.2. The molecule has 6 nitrogen and oxygen atoms in total. The van der Waals surface area contributed by atoms with E-state index in [-0.39, 0.29) is 12.1 Å². The number of hydrogen-bond donors (Lipinski definition) is 2. The number of rotatable bonds is 5. The first kappa shape index (κ1) is 11.4. The number of fused-ring (bicyclic) bond motifs is 1. The van der Waals surface area contributed by atoms with Crippen LogP contribution in [0.4, 0.5) is 4.79 Å². The van der Waals surface area contributed by atoms with E-state index < -0.39 is 0 Å². The SMILES string of the molecule is [N-]=[N+]=NCCCC[C@@H]1SC[C@@H]2NC(=O)N[C@@H]21. The first-order valence-electron chi connectivity index (χ1n) is 5.51. The Bertz CT molecular complexity index is 317. The van der Waals surface area contributed by atoms with Crippen molar-refractivity contribution in [1.82, 2.24) is 10.6 Å². The molecule has 2 amide bonds. The smallest absolute Gasteiger partial charge is 0.315 e. The third-order valence-corrected chi connectivity index (χ3v) is 4.51. The van der Waals surface area contributed by atoms with Crippen LogP contribution >= 0.6 is 11.8 Å². The summed E-state index contributed by atoms with van der Waals surface area (Å²) in [5.41, 5.74) is 8.13. The van der Waals surface area contributed by atoms with Gasteiger partial charge in [0.15, 0.2) is 0 Å². The van der Waals surface area contributed by atoms with Crippen molar-refractivity contribution in [2.45, 2.75) is 36.6 Å². The first-order chi connectivity index (χ1) is 7.81. The summed E-state index contributed by atoms with van der Waals surface area (Å²) < 4.78 is 0. The minimum atomic E-state index is -0.0330. The lowest BCUT2D eigenvalue weighted by molar-refractivity contribution is 0.247. The molecule has 88 valence electrons. The molecule has 2 rings (SSSR count). The Balaban J connectivity index is 1.70. The number of nitrogens with zero attached hydrogens (tertiary/aromatic N) is 3. The fourth-order valence-corrected chi connectivity index (χ4v) is 3.76. The summed E-state index contributed by atoms with van der Waals surface area (Å²) in [4.78, 5) is 13.9. The monoisotopic (exact) mass is 241 g/mol. The van der Waals surface area contributed by atoms with Gasteiger partial charge < -0.3 is 10.6 Å². The van der Waals surface area contributed by atoms with E-state index in [1.807, 2.05) is 11.8 Å². The van der Waals surface area contributed by atoms with Crippen LogP contribution in [0.3, 0.4) is 0 Å². The molecule has 0 saturated carbocycles. The predicted octanol–water partition coefficient (Wildman–Crippen LogP) is 1.63. The summed E-state index contributed by atoms with van der Waals surface area (Å²) in [6.45, 7) is 0.576. The Hall–Kier alpha value is -1.07. The highest BCUT2D eigenvalue weighted by Crippen LogP contribution is 2.32. The number of amides is 2. The van der Waals surface area contributed by atoms with Gasteiger partial charge in [0.25, 0.3) is 0 Å². The van der Waals surface area contributed by atoms with Gasteiger partial charge in [-0.3, -0.25) is 0 Å². The molecular formula is C9H15N5OS. The number of azide groups is 1. The molecule has 3 atom stereocenters. The molecule has 7 heteroatoms. The Morgan fingerprint density at radius 1 is 1.50 bits per heavy atom. The zero-order chi connectivity index (χ0) is 11.4. The average molecular weight is 241 g/mol. The van der Waals surface area contributed by atoms with Gasteiger partial charge in [-0.2, -0.15) is 11.8 Å². The van der Waals surface area contributed by atoms with Crippen molar-refractivity contribution in [3.8, 4) is 0 Å². The molecule has 0 bridgehead atoms. The second-order valence-electron chi connectivity index (χ2n) is 4.07. The fourth-order valence-electron chi connectivity index (χ4n) is 2.22. The maximum absolute atomic E-state index is 11.1. The van der Waals surface area contributed by atoms with Gasteiger partial charge in [-0.15, -0.1) is 0 Å². The molecule has 0 aromatic carbocycles. The summed E-state index contributed by atoms with van der Waals surface area (Å²) in [6.07, 6.45) is 3.06. The first-order valence-corrected chi connectivity index (χ1v) is 6.55. The molecule has 2 aliphatic rings. The number of unbranched alkanes of at least 4 members (excludes halogenated alkanes) is 1. The minimum Gasteiger partial charge on any atom is -0.332 e. The number of thioether (sulfide) groups is 1. The molecule has 2 aliphatic heterocycles. The summed E-state index contributed by atoms with van der Waals surface area (Å²) >= 11 is 1.92. The van der Waals surface area contributed by atoms with Crippen LogP contribution in [0.2, 0.25) is 0 Å². The van der Waals surface area contributed by atoms with Crippen molar-refractivity contribution in [2.24, 2.45) is 5.11 Å². The van der Waals surface area contributed by atoms with Gasteiger partial charge in [0.05, 0.1) is 12.1 Å². The molecule has 0 unspecified atom stereocenters. The summed E-state index contributed by atoms with van der Waals surface area (Å²) in [7, 11) is 0. The molecule has 0 spiro atoms. The van der Waals surface area contributed by atoms with Crippen LogP contribution in [0.15, 0.2) is 5.11 Å². The van der Waals surface area contributed by atoms with Crippen molar-refractivity contribution in [2.75, 3.05) is 12.3 Å². The number of urea groups is 1. The number of carbonyl (C=O) groups is 1. The van der Waals surface area contributed by atoms with Crippen molar-refractivity contribution in [3.05, 3.63) is 10.4 Å². The molecule has 2 N–H and O–H groups in total. The van der Waals surface area contributed by atoms with E-state index in [1.165, 1.54) is 0 Å². The maximum Gasteiger partial charge on any atom is 0.315 e. The number of carbonyl (C=O) groups excluding carboxylic acids is 1. The minimum absolute atomic E-state index is 0.0330. The van der Waals surface area contributed by atoms with Gasteiger partial charge in [-0.25, -0.2) is 4.79 Å². The Morgan fingerprint density at radius 3 is 3.19 bits per heavy atom. The summed E-state index contributed by atoms with van der Waals surface area (Å²) in [5, 5.41) is 9.90. The maximum atomic E-state index is 11.1. The topological polar surface area (TPSA) is 89.9 Å². The zero-order valence-electron chi connectivity index (χ0n) is 8.93. The van der Waals surface area contributed by atoms with E-state index in [0.717, 1.165) is 25.0 Å². The lowest BCUT2D eigenvalue weighted by atomic mass is 10.0. The van der Waals surface area contributed by atoms with E-state index in [2.05, 4.69) is 20.7 Å². The van der Waals surface area contributed by atoms with E-state index in [9.17, 15) is 4.79 Å². The Morgan fingerprint density at radius 2 is 2.38 bits per heavy atom. The van der Waals surface area contributed by atoms with Crippen LogP contribution in [-0.2, 0) is 0 Å². The van der Waals surface area contributed by atoms with Crippen LogP contribution in [0, 0.1) is 0 Å². The highest BCUT2D eigenvalue weighted by molar-refractivity contribution is 8.00. The molecule has 2 fully saturated rings. The van der Waals surface area contributed by atoms with Crippen LogP contribution in [-0.4, -0.2) is 35.7 Å². The number of nitrogens with one attached hydrogen (secondary N) is 2. The second-order valence-corrected chi connectivity index (χ2v) is 5.34. The lowest BCUT2D eigenvalue weighted by Crippen LogP contribution is -2.36. The lowest BCUT2D eigenvalue weighted by Gasteiger charge is -2.16.